The van der Waals surface area contributed by atoms with Crippen molar-refractivity contribution in [2.45, 2.75) is 26.1 Å². The Kier molecular flexibility index (Phi) is 0.0905. The molecule has 0 aromatic heterocycles. The van der Waals surface area contributed by atoms with Gasteiger partial charge in [0.2, 0.25) is 0 Å². The van der Waals surface area contributed by atoms with Crippen LogP contribution in [0, 0.1) is 0 Å². The fourth-order valence-electron chi connectivity index (χ4n) is 0. The first kappa shape index (κ1) is 0.463. The van der Waals surface area contributed by atoms with Crippen LogP contribution >= 0.6 is 0 Å². The Morgan fingerprint density at radius 2 is 2.80 bits per heavy atom. The summed E-state index contributed by atoms with van der Waals surface area (Å²) in [5, 5.41) is 0. The molecule has 0 rings (SSSR count). The van der Waals surface area contributed by atoms with E-state index in [4.69, 9.17) is 12.4 Å². The van der Waals surface area contributed by atoms with Gasteiger partial charge in [-0.1, -0.05) is 0 Å². The van der Waals surface area contributed by atoms with Crippen molar-refractivity contribution in [3.63, 3.8) is 0 Å². The Labute approximate surface area is 45.9 Å². The first-order chi connectivity index (χ1) is 6.00. The van der Waals surface area contributed by atoms with Gasteiger partial charge >= 0.3 is 0 Å². The van der Waals surface area contributed by atoms with Crippen molar-refractivity contribution in [1.82, 2.24) is 0 Å². The van der Waals surface area contributed by atoms with Crippen LogP contribution in [0.15, 0.2) is 0 Å². The maximum Gasteiger partial charge on any atom is 0.119 e. The lowest BCUT2D eigenvalue weighted by molar-refractivity contribution is 0.580. The van der Waals surface area contributed by atoms with Crippen molar-refractivity contribution in [1.29, 1.82) is 0 Å². The van der Waals surface area contributed by atoms with Gasteiger partial charge in [-0.3, -0.25) is 0 Å². The summed E-state index contributed by atoms with van der Waals surface area (Å²) < 4.78 is 62.6. The Morgan fingerprint density at radius 3 is 2.80 bits per heavy atom. The fourth-order valence-corrected chi connectivity index (χ4v) is 0. The van der Waals surface area contributed by atoms with E-state index in [0.29, 0.717) is 0 Å². The predicted octanol–water partition coefficient (Wildman–Crippen LogP) is 0.744. The SMILES string of the molecule is [2H]CC(N([2H])[2H])(C([2H])([2H])[2H])C([2H])([2H])[2H]. The molecule has 0 heterocycles. The molecule has 0 atom stereocenters. The molecule has 32 valence electrons. The standard InChI is InChI=1S/C4H11N/c1-4(2,3)5/h5H2,1-3H3/i1D,2D3,3D3/hD2. The smallest absolute Gasteiger partial charge is 0.119 e. The highest BCUT2D eigenvalue weighted by Gasteiger charge is 1.95. The van der Waals surface area contributed by atoms with Crippen molar-refractivity contribution < 1.29 is 12.4 Å². The minimum atomic E-state index is -3.08. The quantitative estimate of drug-likeness (QED) is 0.458. The Morgan fingerprint density at radius 1 is 2.00 bits per heavy atom. The molecule has 0 unspecified atom stereocenters. The van der Waals surface area contributed by atoms with E-state index in [1.807, 2.05) is 0 Å². The molecule has 0 fully saturated rings. The van der Waals surface area contributed by atoms with Crippen molar-refractivity contribution in [3.8, 4) is 0 Å². The number of rotatable bonds is 0. The lowest BCUT2D eigenvalue weighted by Crippen LogP contribution is -2.26. The van der Waals surface area contributed by atoms with Crippen molar-refractivity contribution in [3.05, 3.63) is 0 Å². The maximum atomic E-state index is 6.99. The van der Waals surface area contributed by atoms with Crippen LogP contribution in [-0.2, 0) is 0 Å². The van der Waals surface area contributed by atoms with Gasteiger partial charge in [0.05, 0.1) is 0 Å². The molecule has 2 N–H and O–H groups in total. The molecule has 0 radical (unpaired) electrons. The molecule has 0 aliphatic rings. The third-order valence-electron chi connectivity index (χ3n) is 0. The summed E-state index contributed by atoms with van der Waals surface area (Å²) in [6.45, 7) is -7.22. The molecule has 0 spiro atoms. The summed E-state index contributed by atoms with van der Waals surface area (Å²) in [6.07, 6.45) is 0. The molecule has 0 aromatic carbocycles. The fraction of sp³-hybridized carbons (Fsp3) is 1.00. The van der Waals surface area contributed by atoms with E-state index in [2.05, 4.69) is 0 Å². The predicted molar refractivity (Wildman–Crippen MR) is 23.9 cm³/mol. The highest BCUT2D eigenvalue weighted by molar-refractivity contribution is 4.60. The third kappa shape index (κ3) is 9510. The van der Waals surface area contributed by atoms with Crippen LogP contribution in [0.5, 0.6) is 0 Å². The summed E-state index contributed by atoms with van der Waals surface area (Å²) in [6, 6.07) is 0. The van der Waals surface area contributed by atoms with E-state index in [1.54, 1.807) is 0 Å². The van der Waals surface area contributed by atoms with E-state index in [9.17, 15) is 0 Å². The molecule has 0 bridgehead atoms. The maximum absolute atomic E-state index is 6.99. The molecule has 1 heteroatoms. The van der Waals surface area contributed by atoms with Crippen molar-refractivity contribution >= 4 is 0 Å². The number of hydrogen-bond acceptors (Lipinski definition) is 1. The van der Waals surface area contributed by atoms with Gasteiger partial charge in [-0.05, 0) is 20.6 Å². The first-order valence-corrected chi connectivity index (χ1v) is 1.08. The van der Waals surface area contributed by atoms with Gasteiger partial charge in [-0.2, -0.15) is 0 Å². The number of hydrogen-bond donors (Lipinski definition) is 1. The highest BCUT2D eigenvalue weighted by Crippen LogP contribution is 1.88. The van der Waals surface area contributed by atoms with Crippen molar-refractivity contribution in [2.24, 2.45) is 5.72 Å². The van der Waals surface area contributed by atoms with E-state index >= 15 is 0 Å². The van der Waals surface area contributed by atoms with Gasteiger partial charge in [-0.25, -0.2) is 0 Å². The van der Waals surface area contributed by atoms with E-state index in [0.717, 1.165) is 0 Å². The monoisotopic (exact) mass is 82.1 g/mol. The zero-order chi connectivity index (χ0) is 11.8. The zero-order valence-corrected chi connectivity index (χ0v) is 2.65. The minimum Gasteiger partial charge on any atom is -0.326 e. The molecule has 5 heavy (non-hydrogen) atoms. The van der Waals surface area contributed by atoms with Crippen LogP contribution in [-0.4, -0.2) is 5.54 Å². The zero-order valence-electron chi connectivity index (χ0n) is 11.7. The summed E-state index contributed by atoms with van der Waals surface area (Å²) in [4.78, 5) is 0. The molecule has 0 aliphatic heterocycles. The highest BCUT2D eigenvalue weighted by atomic mass is 14.7. The van der Waals surface area contributed by atoms with Gasteiger partial charge in [0.25, 0.3) is 0 Å². The van der Waals surface area contributed by atoms with E-state index in [1.165, 1.54) is 0 Å². The molecular formula is C4H11N. The third-order valence-corrected chi connectivity index (χ3v) is 0. The average Bonchev–Trinajstić information content (AvgIpc) is 1.80. The van der Waals surface area contributed by atoms with Crippen LogP contribution in [0.1, 0.15) is 30.2 Å². The largest absolute Gasteiger partial charge is 0.326 e. The Bertz CT molecular complexity index is 176. The van der Waals surface area contributed by atoms with Gasteiger partial charge in [0.15, 0.2) is 0 Å². The molecule has 0 aromatic rings. The summed E-state index contributed by atoms with van der Waals surface area (Å²) >= 11 is 0. The Balaban J connectivity index is 5.45. The van der Waals surface area contributed by atoms with E-state index < -0.39 is 31.9 Å². The van der Waals surface area contributed by atoms with Gasteiger partial charge in [0.1, 0.15) is 2.82 Å². The second-order valence-electron chi connectivity index (χ2n) is 0.860. The lowest BCUT2D eigenvalue weighted by Gasteiger charge is -2.06. The normalized spacial score (nSPS) is 43.8. The first-order valence-electron chi connectivity index (χ1n) is 5.68. The van der Waals surface area contributed by atoms with Gasteiger partial charge in [0, 0.05) is 15.1 Å². The molecule has 1 nitrogen and oxygen atoms in total. The Hall–Kier alpha value is -0.0400. The average molecular weight is 82.2 g/mol. The summed E-state index contributed by atoms with van der Waals surface area (Å²) in [5.41, 5.74) is -3.15. The molecule has 0 saturated heterocycles. The van der Waals surface area contributed by atoms with Gasteiger partial charge < -0.3 is 5.72 Å². The lowest BCUT2D eigenvalue weighted by atomic mass is 10.1. The van der Waals surface area contributed by atoms with Gasteiger partial charge in [-0.15, -0.1) is 0 Å². The van der Waals surface area contributed by atoms with Crippen LogP contribution in [0.3, 0.4) is 0 Å². The van der Waals surface area contributed by atoms with Crippen LogP contribution in [0.4, 0.5) is 0 Å². The summed E-state index contributed by atoms with van der Waals surface area (Å²) in [5.74, 6) is 0. The molecular weight excluding hydrogens is 62.1 g/mol. The second-order valence-corrected chi connectivity index (χ2v) is 0.860. The minimum absolute atomic E-state index is 0.403. The van der Waals surface area contributed by atoms with Crippen LogP contribution in [0.2, 0.25) is 2.82 Å². The number of nitrogens with two attached hydrogens (primary N) is 1. The molecule has 0 saturated carbocycles. The molecule has 0 amide bonds. The molecule has 0 aliphatic carbocycles. The van der Waals surface area contributed by atoms with Crippen LogP contribution < -0.4 is 5.72 Å². The van der Waals surface area contributed by atoms with Crippen molar-refractivity contribution in [2.75, 3.05) is 0 Å². The topological polar surface area (TPSA) is 26.0 Å². The second kappa shape index (κ2) is 0.977. The van der Waals surface area contributed by atoms with Crippen LogP contribution in [0.25, 0.3) is 0 Å². The van der Waals surface area contributed by atoms with E-state index in [-0.39, 0.29) is 0 Å². The summed E-state index contributed by atoms with van der Waals surface area (Å²) in [7, 11) is 0.